The molecule has 1 aliphatic rings. The Bertz CT molecular complexity index is 560. The summed E-state index contributed by atoms with van der Waals surface area (Å²) >= 11 is 0. The average molecular weight is 328 g/mol. The molecule has 0 atom stereocenters. The molecule has 0 bridgehead atoms. The van der Waals surface area contributed by atoms with E-state index in [1.54, 1.807) is 16.4 Å². The molecule has 7 heteroatoms. The molecule has 1 fully saturated rings. The van der Waals surface area contributed by atoms with E-state index in [0.717, 1.165) is 25.7 Å². The van der Waals surface area contributed by atoms with E-state index in [9.17, 15) is 13.2 Å². The zero-order valence-corrected chi connectivity index (χ0v) is 13.8. The Balaban J connectivity index is 1.91. The molecule has 124 valence electrons. The van der Waals surface area contributed by atoms with Crippen molar-refractivity contribution in [3.63, 3.8) is 0 Å². The van der Waals surface area contributed by atoms with Gasteiger partial charge in [0.15, 0.2) is 5.76 Å². The fraction of sp³-hybridized carbons (Fsp3) is 0.667. The largest absolute Gasteiger partial charge is 0.459 e. The van der Waals surface area contributed by atoms with Gasteiger partial charge in [-0.05, 0) is 25.0 Å². The summed E-state index contributed by atoms with van der Waals surface area (Å²) in [6, 6.07) is 3.27. The van der Waals surface area contributed by atoms with Crippen molar-refractivity contribution < 1.29 is 17.6 Å². The third-order valence-electron chi connectivity index (χ3n) is 4.02. The third kappa shape index (κ3) is 4.84. The van der Waals surface area contributed by atoms with Crippen molar-refractivity contribution in [2.75, 3.05) is 19.3 Å². The first-order valence-corrected chi connectivity index (χ1v) is 9.62. The van der Waals surface area contributed by atoms with E-state index in [-0.39, 0.29) is 24.3 Å². The molecule has 1 aromatic heterocycles. The van der Waals surface area contributed by atoms with Gasteiger partial charge in [0.2, 0.25) is 10.0 Å². The SMILES string of the molecule is CS(=O)(=O)N(CCNC(=O)c1ccco1)C1CCCCCC1. The van der Waals surface area contributed by atoms with E-state index < -0.39 is 10.0 Å². The highest BCUT2D eigenvalue weighted by Crippen LogP contribution is 2.23. The van der Waals surface area contributed by atoms with Gasteiger partial charge in [0.05, 0.1) is 12.5 Å². The minimum Gasteiger partial charge on any atom is -0.459 e. The molecule has 1 N–H and O–H groups in total. The van der Waals surface area contributed by atoms with E-state index in [1.807, 2.05) is 0 Å². The number of hydrogen-bond acceptors (Lipinski definition) is 4. The predicted octanol–water partition coefficient (Wildman–Crippen LogP) is 1.99. The van der Waals surface area contributed by atoms with Crippen molar-refractivity contribution in [2.45, 2.75) is 44.6 Å². The molecule has 0 aromatic carbocycles. The first kappa shape index (κ1) is 17.0. The molecule has 0 aliphatic heterocycles. The molecule has 0 unspecified atom stereocenters. The van der Waals surface area contributed by atoms with Gasteiger partial charge in [-0.3, -0.25) is 4.79 Å². The first-order valence-electron chi connectivity index (χ1n) is 7.77. The number of nitrogens with one attached hydrogen (secondary N) is 1. The molecule has 0 radical (unpaired) electrons. The summed E-state index contributed by atoms with van der Waals surface area (Å²) in [4.78, 5) is 11.8. The number of carbonyl (C=O) groups is 1. The van der Waals surface area contributed by atoms with Gasteiger partial charge in [-0.15, -0.1) is 0 Å². The Morgan fingerprint density at radius 3 is 2.55 bits per heavy atom. The van der Waals surface area contributed by atoms with Crippen LogP contribution in [0.3, 0.4) is 0 Å². The quantitative estimate of drug-likeness (QED) is 0.810. The molecular formula is C15H24N2O4S. The van der Waals surface area contributed by atoms with Gasteiger partial charge < -0.3 is 9.73 Å². The Labute approximate surface area is 131 Å². The summed E-state index contributed by atoms with van der Waals surface area (Å²) in [5.41, 5.74) is 0. The van der Waals surface area contributed by atoms with Crippen LogP contribution in [0, 0.1) is 0 Å². The van der Waals surface area contributed by atoms with Crippen LogP contribution in [0.5, 0.6) is 0 Å². The third-order valence-corrected chi connectivity index (χ3v) is 5.35. The van der Waals surface area contributed by atoms with Crippen LogP contribution in [-0.4, -0.2) is 44.0 Å². The minimum atomic E-state index is -3.27. The normalized spacial score (nSPS) is 17.4. The number of amides is 1. The smallest absolute Gasteiger partial charge is 0.287 e. The van der Waals surface area contributed by atoms with Crippen molar-refractivity contribution >= 4 is 15.9 Å². The molecule has 0 spiro atoms. The van der Waals surface area contributed by atoms with Crippen LogP contribution < -0.4 is 5.32 Å². The standard InChI is InChI=1S/C15H24N2O4S/c1-22(19,20)17(13-7-4-2-3-5-8-13)11-10-16-15(18)14-9-6-12-21-14/h6,9,12-13H,2-5,7-8,10-11H2,1H3,(H,16,18). The van der Waals surface area contributed by atoms with Gasteiger partial charge in [0.25, 0.3) is 5.91 Å². The highest BCUT2D eigenvalue weighted by molar-refractivity contribution is 7.88. The Hall–Kier alpha value is -1.34. The second kappa shape index (κ2) is 7.78. The van der Waals surface area contributed by atoms with Gasteiger partial charge in [-0.25, -0.2) is 8.42 Å². The molecule has 1 amide bonds. The molecule has 0 saturated heterocycles. The predicted molar refractivity (Wildman–Crippen MR) is 84.1 cm³/mol. The fourth-order valence-corrected chi connectivity index (χ4v) is 4.11. The summed E-state index contributed by atoms with van der Waals surface area (Å²) in [6.45, 7) is 0.582. The van der Waals surface area contributed by atoms with E-state index in [4.69, 9.17) is 4.42 Å². The fourth-order valence-electron chi connectivity index (χ4n) is 2.94. The van der Waals surface area contributed by atoms with Crippen LogP contribution in [-0.2, 0) is 10.0 Å². The van der Waals surface area contributed by atoms with Crippen LogP contribution >= 0.6 is 0 Å². The lowest BCUT2D eigenvalue weighted by atomic mass is 10.1. The maximum Gasteiger partial charge on any atom is 0.287 e. The topological polar surface area (TPSA) is 79.6 Å². The van der Waals surface area contributed by atoms with E-state index in [1.165, 1.54) is 25.4 Å². The Morgan fingerprint density at radius 1 is 1.32 bits per heavy atom. The number of furan rings is 1. The summed E-state index contributed by atoms with van der Waals surface area (Å²) < 4.78 is 30.6. The lowest BCUT2D eigenvalue weighted by Crippen LogP contribution is -2.44. The molecular weight excluding hydrogens is 304 g/mol. The van der Waals surface area contributed by atoms with Crippen molar-refractivity contribution in [3.8, 4) is 0 Å². The maximum absolute atomic E-state index is 12.0. The number of carbonyl (C=O) groups excluding carboxylic acids is 1. The van der Waals surface area contributed by atoms with Crippen LogP contribution in [0.2, 0.25) is 0 Å². The van der Waals surface area contributed by atoms with Crippen molar-refractivity contribution in [2.24, 2.45) is 0 Å². The number of nitrogens with zero attached hydrogens (tertiary/aromatic N) is 1. The van der Waals surface area contributed by atoms with E-state index >= 15 is 0 Å². The van der Waals surface area contributed by atoms with Crippen molar-refractivity contribution in [3.05, 3.63) is 24.2 Å². The molecule has 1 aliphatic carbocycles. The summed E-state index contributed by atoms with van der Waals surface area (Å²) in [5.74, 6) is -0.0836. The van der Waals surface area contributed by atoms with Crippen molar-refractivity contribution in [1.29, 1.82) is 0 Å². The highest BCUT2D eigenvalue weighted by atomic mass is 32.2. The summed E-state index contributed by atoms with van der Waals surface area (Å²) in [5, 5.41) is 2.70. The summed E-state index contributed by atoms with van der Waals surface area (Å²) in [6.07, 6.45) is 8.95. The second-order valence-electron chi connectivity index (χ2n) is 5.75. The van der Waals surface area contributed by atoms with Gasteiger partial charge in [0.1, 0.15) is 0 Å². The van der Waals surface area contributed by atoms with Crippen LogP contribution in [0.15, 0.2) is 22.8 Å². The van der Waals surface area contributed by atoms with E-state index in [0.29, 0.717) is 6.54 Å². The molecule has 1 heterocycles. The number of rotatable bonds is 6. The van der Waals surface area contributed by atoms with E-state index in [2.05, 4.69) is 5.32 Å². The van der Waals surface area contributed by atoms with Crippen LogP contribution in [0.25, 0.3) is 0 Å². The number of sulfonamides is 1. The first-order chi connectivity index (χ1) is 10.5. The lowest BCUT2D eigenvalue weighted by Gasteiger charge is -2.28. The molecule has 1 saturated carbocycles. The van der Waals surface area contributed by atoms with Gasteiger partial charge in [-0.2, -0.15) is 4.31 Å². The Kier molecular flexibility index (Phi) is 6.02. The van der Waals surface area contributed by atoms with Gasteiger partial charge >= 0.3 is 0 Å². The average Bonchev–Trinajstić information content (AvgIpc) is 2.86. The van der Waals surface area contributed by atoms with Crippen molar-refractivity contribution in [1.82, 2.24) is 9.62 Å². The molecule has 2 rings (SSSR count). The van der Waals surface area contributed by atoms with Crippen LogP contribution in [0.1, 0.15) is 49.1 Å². The Morgan fingerprint density at radius 2 is 2.00 bits per heavy atom. The maximum atomic E-state index is 12.0. The van der Waals surface area contributed by atoms with Crippen LogP contribution in [0.4, 0.5) is 0 Å². The monoisotopic (exact) mass is 328 g/mol. The molecule has 6 nitrogen and oxygen atoms in total. The molecule has 1 aromatic rings. The zero-order valence-electron chi connectivity index (χ0n) is 13.0. The number of hydrogen-bond donors (Lipinski definition) is 1. The minimum absolute atomic E-state index is 0.0537. The lowest BCUT2D eigenvalue weighted by molar-refractivity contribution is 0.0922. The van der Waals surface area contributed by atoms with Gasteiger partial charge in [0, 0.05) is 19.1 Å². The van der Waals surface area contributed by atoms with Gasteiger partial charge in [-0.1, -0.05) is 25.7 Å². The summed E-state index contributed by atoms with van der Waals surface area (Å²) in [7, 11) is -3.27. The molecule has 22 heavy (non-hydrogen) atoms. The highest BCUT2D eigenvalue weighted by Gasteiger charge is 2.27. The second-order valence-corrected chi connectivity index (χ2v) is 7.69. The zero-order chi connectivity index (χ0) is 16.0.